The standard InChI is InChI=1S/C14H10N2O3S/c1-16(2)14(19)9-6-8-11(17)10-7(4-3-5-15-10)12(18)13(8)20-9/h3-6H,1-2H3. The van der Waals surface area contributed by atoms with Crippen LogP contribution in [0.3, 0.4) is 0 Å². The molecule has 0 bridgehead atoms. The summed E-state index contributed by atoms with van der Waals surface area (Å²) in [5.74, 6) is -0.767. The number of amides is 1. The zero-order chi connectivity index (χ0) is 14.4. The maximum atomic E-state index is 12.4. The van der Waals surface area contributed by atoms with Gasteiger partial charge in [-0.3, -0.25) is 19.4 Å². The molecule has 0 atom stereocenters. The molecule has 0 aromatic carbocycles. The van der Waals surface area contributed by atoms with E-state index in [0.29, 0.717) is 15.3 Å². The van der Waals surface area contributed by atoms with E-state index in [1.54, 1.807) is 26.2 Å². The van der Waals surface area contributed by atoms with Gasteiger partial charge in [0.1, 0.15) is 5.69 Å². The van der Waals surface area contributed by atoms with E-state index in [-0.39, 0.29) is 28.7 Å². The first-order valence-electron chi connectivity index (χ1n) is 5.90. The van der Waals surface area contributed by atoms with Crippen molar-refractivity contribution in [3.8, 4) is 0 Å². The Morgan fingerprint density at radius 1 is 1.20 bits per heavy atom. The molecule has 0 N–H and O–H groups in total. The molecule has 5 nitrogen and oxygen atoms in total. The molecule has 100 valence electrons. The van der Waals surface area contributed by atoms with Gasteiger partial charge in [0.15, 0.2) is 0 Å². The van der Waals surface area contributed by atoms with Crippen LogP contribution in [0.4, 0.5) is 0 Å². The van der Waals surface area contributed by atoms with Gasteiger partial charge in [-0.15, -0.1) is 11.3 Å². The van der Waals surface area contributed by atoms with Gasteiger partial charge in [0.2, 0.25) is 11.6 Å². The first-order valence-corrected chi connectivity index (χ1v) is 6.72. The minimum absolute atomic E-state index is 0.159. The van der Waals surface area contributed by atoms with Crippen molar-refractivity contribution >= 4 is 28.8 Å². The summed E-state index contributed by atoms with van der Waals surface area (Å²) in [6.07, 6.45) is 1.48. The molecule has 20 heavy (non-hydrogen) atoms. The Morgan fingerprint density at radius 3 is 2.65 bits per heavy atom. The molecule has 0 fully saturated rings. The molecule has 0 saturated carbocycles. The van der Waals surface area contributed by atoms with Crippen LogP contribution in [0, 0.1) is 0 Å². The van der Waals surface area contributed by atoms with E-state index in [9.17, 15) is 14.4 Å². The summed E-state index contributed by atoms with van der Waals surface area (Å²) in [4.78, 5) is 42.7. The monoisotopic (exact) mass is 286 g/mol. The van der Waals surface area contributed by atoms with E-state index in [1.165, 1.54) is 17.2 Å². The molecule has 2 heterocycles. The number of ketones is 2. The van der Waals surface area contributed by atoms with Crippen molar-refractivity contribution < 1.29 is 14.4 Å². The highest BCUT2D eigenvalue weighted by atomic mass is 32.1. The van der Waals surface area contributed by atoms with Crippen LogP contribution in [0.2, 0.25) is 0 Å². The van der Waals surface area contributed by atoms with Crippen molar-refractivity contribution in [2.75, 3.05) is 14.1 Å². The van der Waals surface area contributed by atoms with Crippen LogP contribution in [-0.4, -0.2) is 41.5 Å². The third kappa shape index (κ3) is 1.69. The molecule has 0 radical (unpaired) electrons. The summed E-state index contributed by atoms with van der Waals surface area (Å²) in [6, 6.07) is 4.69. The molecular weight excluding hydrogens is 276 g/mol. The maximum Gasteiger partial charge on any atom is 0.263 e. The molecule has 1 aliphatic rings. The largest absolute Gasteiger partial charge is 0.344 e. The highest BCUT2D eigenvalue weighted by molar-refractivity contribution is 7.16. The Hall–Kier alpha value is -2.34. The predicted octanol–water partition coefficient (Wildman–Crippen LogP) is 1.62. The number of pyridine rings is 1. The van der Waals surface area contributed by atoms with Crippen LogP contribution in [-0.2, 0) is 0 Å². The number of carbonyl (C=O) groups is 3. The molecule has 0 unspecified atom stereocenters. The highest BCUT2D eigenvalue weighted by Crippen LogP contribution is 2.32. The number of aromatic nitrogens is 1. The second kappa shape index (κ2) is 4.35. The number of rotatable bonds is 1. The summed E-state index contributed by atoms with van der Waals surface area (Å²) in [6.45, 7) is 0. The average molecular weight is 286 g/mol. The molecule has 6 heteroatoms. The molecular formula is C14H10N2O3S. The van der Waals surface area contributed by atoms with Gasteiger partial charge in [-0.1, -0.05) is 0 Å². The summed E-state index contributed by atoms with van der Waals surface area (Å²) >= 11 is 1.06. The number of fused-ring (bicyclic) bond motifs is 2. The Bertz CT molecular complexity index is 709. The van der Waals surface area contributed by atoms with Crippen LogP contribution >= 0.6 is 11.3 Å². The topological polar surface area (TPSA) is 67.3 Å². The summed E-state index contributed by atoms with van der Waals surface area (Å²) in [7, 11) is 3.25. The van der Waals surface area contributed by atoms with Gasteiger partial charge >= 0.3 is 0 Å². The Balaban J connectivity index is 2.17. The normalized spacial score (nSPS) is 12.9. The number of hydrogen-bond acceptors (Lipinski definition) is 5. The second-order valence-corrected chi connectivity index (χ2v) is 5.66. The number of nitrogens with zero attached hydrogens (tertiary/aromatic N) is 2. The van der Waals surface area contributed by atoms with E-state index in [0.717, 1.165) is 11.3 Å². The molecule has 0 aliphatic heterocycles. The first kappa shape index (κ1) is 12.7. The van der Waals surface area contributed by atoms with E-state index in [4.69, 9.17) is 0 Å². The van der Waals surface area contributed by atoms with Gasteiger partial charge in [-0.2, -0.15) is 0 Å². The molecule has 2 aromatic rings. The Kier molecular flexibility index (Phi) is 2.76. The quantitative estimate of drug-likeness (QED) is 0.681. The summed E-state index contributed by atoms with van der Waals surface area (Å²) in [5.41, 5.74) is 0.735. The van der Waals surface area contributed by atoms with Crippen molar-refractivity contribution in [3.63, 3.8) is 0 Å². The zero-order valence-electron chi connectivity index (χ0n) is 10.8. The molecule has 0 saturated heterocycles. The van der Waals surface area contributed by atoms with E-state index < -0.39 is 0 Å². The van der Waals surface area contributed by atoms with Crippen LogP contribution in [0.25, 0.3) is 0 Å². The Labute approximate surface area is 118 Å². The smallest absolute Gasteiger partial charge is 0.263 e. The van der Waals surface area contributed by atoms with Crippen molar-refractivity contribution in [2.45, 2.75) is 0 Å². The SMILES string of the molecule is CN(C)C(=O)c1cc2c(s1)C(=O)c1cccnc1C2=O. The van der Waals surface area contributed by atoms with Crippen molar-refractivity contribution in [3.05, 3.63) is 51.0 Å². The van der Waals surface area contributed by atoms with E-state index in [1.807, 2.05) is 0 Å². The van der Waals surface area contributed by atoms with Gasteiger partial charge in [-0.05, 0) is 18.2 Å². The summed E-state index contributed by atoms with van der Waals surface area (Å²) < 4.78 is 0. The predicted molar refractivity (Wildman–Crippen MR) is 73.4 cm³/mol. The zero-order valence-corrected chi connectivity index (χ0v) is 11.7. The van der Waals surface area contributed by atoms with Gasteiger partial charge < -0.3 is 4.90 Å². The minimum atomic E-state index is -0.302. The van der Waals surface area contributed by atoms with Gasteiger partial charge in [0.25, 0.3) is 5.91 Å². The lowest BCUT2D eigenvalue weighted by atomic mass is 9.93. The fourth-order valence-electron chi connectivity index (χ4n) is 2.07. The van der Waals surface area contributed by atoms with Crippen molar-refractivity contribution in [2.24, 2.45) is 0 Å². The van der Waals surface area contributed by atoms with Crippen LogP contribution in [0.1, 0.15) is 41.0 Å². The average Bonchev–Trinajstić information content (AvgIpc) is 2.89. The third-order valence-electron chi connectivity index (χ3n) is 3.07. The number of thiophene rings is 1. The molecule has 0 spiro atoms. The lowest BCUT2D eigenvalue weighted by Crippen LogP contribution is -2.20. The van der Waals surface area contributed by atoms with E-state index >= 15 is 0 Å². The van der Waals surface area contributed by atoms with Gasteiger partial charge in [-0.25, -0.2) is 0 Å². The van der Waals surface area contributed by atoms with Crippen molar-refractivity contribution in [1.29, 1.82) is 0 Å². The third-order valence-corrected chi connectivity index (χ3v) is 4.19. The highest BCUT2D eigenvalue weighted by Gasteiger charge is 2.33. The number of hydrogen-bond donors (Lipinski definition) is 0. The molecule has 1 amide bonds. The van der Waals surface area contributed by atoms with E-state index in [2.05, 4.69) is 4.98 Å². The van der Waals surface area contributed by atoms with Crippen LogP contribution in [0.15, 0.2) is 24.4 Å². The maximum absolute atomic E-state index is 12.4. The Morgan fingerprint density at radius 2 is 1.95 bits per heavy atom. The van der Waals surface area contributed by atoms with Crippen molar-refractivity contribution in [1.82, 2.24) is 9.88 Å². The second-order valence-electron chi connectivity index (χ2n) is 4.61. The lowest BCUT2D eigenvalue weighted by Gasteiger charge is -2.11. The van der Waals surface area contributed by atoms with Gasteiger partial charge in [0, 0.05) is 25.9 Å². The minimum Gasteiger partial charge on any atom is -0.344 e. The molecule has 1 aliphatic carbocycles. The van der Waals surface area contributed by atoms with Crippen LogP contribution < -0.4 is 0 Å². The fraction of sp³-hybridized carbons (Fsp3) is 0.143. The first-order chi connectivity index (χ1) is 9.50. The fourth-order valence-corrected chi connectivity index (χ4v) is 3.20. The lowest BCUT2D eigenvalue weighted by molar-refractivity contribution is 0.0832. The molecule has 3 rings (SSSR count). The number of carbonyl (C=O) groups excluding carboxylic acids is 3. The summed E-state index contributed by atoms with van der Waals surface area (Å²) in [5, 5.41) is 0. The van der Waals surface area contributed by atoms with Crippen LogP contribution in [0.5, 0.6) is 0 Å². The van der Waals surface area contributed by atoms with Gasteiger partial charge in [0.05, 0.1) is 15.3 Å². The molecule has 2 aromatic heterocycles.